The Kier molecular flexibility index (Phi) is 5.60. The van der Waals surface area contributed by atoms with Crippen molar-refractivity contribution in [3.05, 3.63) is 77.4 Å². The summed E-state index contributed by atoms with van der Waals surface area (Å²) in [4.78, 5) is 18.8. The van der Waals surface area contributed by atoms with Crippen LogP contribution in [0.25, 0.3) is 10.8 Å². The van der Waals surface area contributed by atoms with Gasteiger partial charge in [-0.1, -0.05) is 70.5 Å². The van der Waals surface area contributed by atoms with E-state index in [2.05, 4.69) is 15.9 Å². The van der Waals surface area contributed by atoms with Gasteiger partial charge >= 0.3 is 7.60 Å². The van der Waals surface area contributed by atoms with Gasteiger partial charge in [-0.25, -0.2) is 0 Å². The lowest BCUT2D eigenvalue weighted by Crippen LogP contribution is -1.98. The third-order valence-corrected chi connectivity index (χ3v) is 5.29. The van der Waals surface area contributed by atoms with Crippen molar-refractivity contribution in [1.29, 1.82) is 0 Å². The van der Waals surface area contributed by atoms with Crippen LogP contribution in [0.5, 0.6) is 5.75 Å². The van der Waals surface area contributed by atoms with Gasteiger partial charge in [0.1, 0.15) is 12.4 Å². The number of halogens is 1. The molecule has 3 rings (SSSR count). The van der Waals surface area contributed by atoms with Crippen LogP contribution in [0.1, 0.15) is 16.7 Å². The SMILES string of the molecule is O=P(O)(O)Cc1ccc(OCc2ccccc2)c2cccc(CBr)c12. The van der Waals surface area contributed by atoms with Gasteiger partial charge in [0.25, 0.3) is 0 Å². The van der Waals surface area contributed by atoms with E-state index in [0.717, 1.165) is 21.9 Å². The minimum Gasteiger partial charge on any atom is -0.488 e. The first-order valence-electron chi connectivity index (χ1n) is 7.78. The lowest BCUT2D eigenvalue weighted by molar-refractivity contribution is 0.310. The highest BCUT2D eigenvalue weighted by atomic mass is 79.9. The summed E-state index contributed by atoms with van der Waals surface area (Å²) in [5.74, 6) is 0.705. The molecular weight excluding hydrogens is 403 g/mol. The summed E-state index contributed by atoms with van der Waals surface area (Å²) < 4.78 is 17.5. The summed E-state index contributed by atoms with van der Waals surface area (Å²) in [6, 6.07) is 19.2. The van der Waals surface area contributed by atoms with Crippen LogP contribution in [-0.2, 0) is 22.7 Å². The molecule has 0 spiro atoms. The zero-order valence-electron chi connectivity index (χ0n) is 13.4. The molecular formula is C19H18BrO4P. The Balaban J connectivity index is 2.03. The molecule has 0 fully saturated rings. The standard InChI is InChI=1S/C19H18BrO4P/c20-11-15-7-4-8-17-18(24-12-14-5-2-1-3-6-14)10-9-16(19(15)17)13-25(21,22)23/h1-10H,11-13H2,(H2,21,22,23). The fourth-order valence-electron chi connectivity index (χ4n) is 2.86. The molecule has 0 aliphatic heterocycles. The fraction of sp³-hybridized carbons (Fsp3) is 0.158. The second kappa shape index (κ2) is 7.71. The van der Waals surface area contributed by atoms with Crippen LogP contribution in [-0.4, -0.2) is 9.79 Å². The molecule has 0 atom stereocenters. The van der Waals surface area contributed by atoms with Crippen molar-refractivity contribution in [3.8, 4) is 5.75 Å². The molecule has 3 aromatic carbocycles. The molecule has 0 unspecified atom stereocenters. The maximum Gasteiger partial charge on any atom is 0.329 e. The van der Waals surface area contributed by atoms with Crippen molar-refractivity contribution in [2.24, 2.45) is 0 Å². The molecule has 0 amide bonds. The smallest absolute Gasteiger partial charge is 0.329 e. The van der Waals surface area contributed by atoms with E-state index in [-0.39, 0.29) is 6.16 Å². The normalized spacial score (nSPS) is 11.6. The van der Waals surface area contributed by atoms with Gasteiger partial charge in [-0.15, -0.1) is 0 Å². The molecule has 0 heterocycles. The highest BCUT2D eigenvalue weighted by molar-refractivity contribution is 9.08. The van der Waals surface area contributed by atoms with Gasteiger partial charge in [0, 0.05) is 10.7 Å². The summed E-state index contributed by atoms with van der Waals surface area (Å²) >= 11 is 3.46. The zero-order chi connectivity index (χ0) is 17.9. The third kappa shape index (κ3) is 4.50. The van der Waals surface area contributed by atoms with Crippen molar-refractivity contribution >= 4 is 34.3 Å². The van der Waals surface area contributed by atoms with E-state index in [9.17, 15) is 14.4 Å². The fourth-order valence-corrected chi connectivity index (χ4v) is 4.03. The first-order valence-corrected chi connectivity index (χ1v) is 10.7. The lowest BCUT2D eigenvalue weighted by atomic mass is 10.00. The minimum absolute atomic E-state index is 0.285. The molecule has 0 saturated carbocycles. The Morgan fingerprint density at radius 3 is 2.36 bits per heavy atom. The van der Waals surface area contributed by atoms with Crippen molar-refractivity contribution in [2.75, 3.05) is 0 Å². The Hall–Kier alpha value is -1.65. The molecule has 4 nitrogen and oxygen atoms in total. The number of alkyl halides is 1. The van der Waals surface area contributed by atoms with Gasteiger partial charge in [0.15, 0.2) is 0 Å². The molecule has 0 aromatic heterocycles. The second-order valence-electron chi connectivity index (χ2n) is 5.79. The van der Waals surface area contributed by atoms with Gasteiger partial charge in [0.05, 0.1) is 6.16 Å². The van der Waals surface area contributed by atoms with Gasteiger partial charge < -0.3 is 14.5 Å². The van der Waals surface area contributed by atoms with Crippen molar-refractivity contribution < 1.29 is 19.1 Å². The predicted molar refractivity (Wildman–Crippen MR) is 103 cm³/mol. The molecule has 0 saturated heterocycles. The highest BCUT2D eigenvalue weighted by Gasteiger charge is 2.19. The van der Waals surface area contributed by atoms with Crippen LogP contribution < -0.4 is 4.74 Å². The maximum absolute atomic E-state index is 11.5. The van der Waals surface area contributed by atoms with Crippen molar-refractivity contribution in [2.45, 2.75) is 18.1 Å². The average molecular weight is 421 g/mol. The van der Waals surface area contributed by atoms with Crippen LogP contribution in [0.2, 0.25) is 0 Å². The largest absolute Gasteiger partial charge is 0.488 e. The molecule has 3 aromatic rings. The van der Waals surface area contributed by atoms with E-state index in [0.29, 0.717) is 23.2 Å². The van der Waals surface area contributed by atoms with Crippen LogP contribution in [0.3, 0.4) is 0 Å². The summed E-state index contributed by atoms with van der Waals surface area (Å²) in [6.07, 6.45) is -0.285. The second-order valence-corrected chi connectivity index (χ2v) is 8.00. The molecule has 130 valence electrons. The van der Waals surface area contributed by atoms with Crippen molar-refractivity contribution in [1.82, 2.24) is 0 Å². The van der Waals surface area contributed by atoms with Gasteiger partial charge in [-0.3, -0.25) is 4.57 Å². The van der Waals surface area contributed by atoms with Crippen LogP contribution in [0, 0.1) is 0 Å². The molecule has 0 radical (unpaired) electrons. The summed E-state index contributed by atoms with van der Waals surface area (Å²) in [5, 5.41) is 2.30. The quantitative estimate of drug-likeness (QED) is 0.435. The van der Waals surface area contributed by atoms with Crippen LogP contribution in [0.15, 0.2) is 60.7 Å². The van der Waals surface area contributed by atoms with E-state index < -0.39 is 7.60 Å². The van der Waals surface area contributed by atoms with Gasteiger partial charge in [-0.05, 0) is 28.1 Å². The summed E-state index contributed by atoms with van der Waals surface area (Å²) in [6.45, 7) is 0.437. The Morgan fingerprint density at radius 2 is 1.68 bits per heavy atom. The van der Waals surface area contributed by atoms with Crippen molar-refractivity contribution in [3.63, 3.8) is 0 Å². The van der Waals surface area contributed by atoms with E-state index in [1.807, 2.05) is 48.5 Å². The maximum atomic E-state index is 11.5. The number of benzene rings is 3. The number of ether oxygens (including phenoxy) is 1. The first kappa shape index (κ1) is 18.2. The van der Waals surface area contributed by atoms with E-state index in [1.165, 1.54) is 0 Å². The molecule has 25 heavy (non-hydrogen) atoms. The molecule has 0 aliphatic rings. The minimum atomic E-state index is -4.16. The highest BCUT2D eigenvalue weighted by Crippen LogP contribution is 2.43. The molecule has 0 bridgehead atoms. The summed E-state index contributed by atoms with van der Waals surface area (Å²) in [5.41, 5.74) is 2.67. The Labute approximate surface area is 154 Å². The van der Waals surface area contributed by atoms with Gasteiger partial charge in [0.2, 0.25) is 0 Å². The Morgan fingerprint density at radius 1 is 0.920 bits per heavy atom. The van der Waals surface area contributed by atoms with Crippen LogP contribution >= 0.6 is 23.5 Å². The van der Waals surface area contributed by atoms with E-state index in [1.54, 1.807) is 12.1 Å². The van der Waals surface area contributed by atoms with E-state index in [4.69, 9.17) is 4.74 Å². The van der Waals surface area contributed by atoms with Crippen LogP contribution in [0.4, 0.5) is 0 Å². The third-order valence-electron chi connectivity index (χ3n) is 3.93. The monoisotopic (exact) mass is 420 g/mol. The average Bonchev–Trinajstić information content (AvgIpc) is 2.60. The molecule has 6 heteroatoms. The van der Waals surface area contributed by atoms with E-state index >= 15 is 0 Å². The predicted octanol–water partition coefficient (Wildman–Crippen LogP) is 4.99. The first-order chi connectivity index (χ1) is 12.0. The number of hydrogen-bond donors (Lipinski definition) is 2. The lowest BCUT2D eigenvalue weighted by Gasteiger charge is -2.15. The number of rotatable bonds is 6. The topological polar surface area (TPSA) is 66.8 Å². The Bertz CT molecular complexity index is 921. The zero-order valence-corrected chi connectivity index (χ0v) is 15.9. The number of fused-ring (bicyclic) bond motifs is 1. The molecule has 0 aliphatic carbocycles. The number of hydrogen-bond acceptors (Lipinski definition) is 2. The van der Waals surface area contributed by atoms with Gasteiger partial charge in [-0.2, -0.15) is 0 Å². The molecule has 2 N–H and O–H groups in total. The summed E-state index contributed by atoms with van der Waals surface area (Å²) in [7, 11) is -4.16.